The summed E-state index contributed by atoms with van der Waals surface area (Å²) in [6, 6.07) is 0. The Bertz CT molecular complexity index is 134. The van der Waals surface area contributed by atoms with Gasteiger partial charge >= 0.3 is 5.97 Å². The van der Waals surface area contributed by atoms with Gasteiger partial charge in [0.25, 0.3) is 0 Å². The van der Waals surface area contributed by atoms with Crippen molar-refractivity contribution in [2.45, 2.75) is 12.8 Å². The Balaban J connectivity index is 2.20. The molecule has 1 rings (SSSR count). The van der Waals surface area contributed by atoms with E-state index in [-0.39, 0.29) is 5.97 Å². The van der Waals surface area contributed by atoms with Gasteiger partial charge < -0.3 is 4.74 Å². The fraction of sp³-hybridized carbons (Fsp3) is 0.571. The number of hydrogen-bond acceptors (Lipinski definition) is 2. The van der Waals surface area contributed by atoms with Gasteiger partial charge in [0.05, 0.1) is 7.11 Å². The molecule has 0 unspecified atom stereocenters. The van der Waals surface area contributed by atoms with Crippen LogP contribution in [0.3, 0.4) is 0 Å². The Hall–Kier alpha value is -0.790. The first-order chi connectivity index (χ1) is 4.33. The lowest BCUT2D eigenvalue weighted by Gasteiger charge is -1.86. The second-order valence-electron chi connectivity index (χ2n) is 2.22. The molecular formula is C7H10O2. The standard InChI is InChI=1S/C7H10O2/c1-9-7(8)5-4-6-2-3-6/h4-6H,2-3H2,1H3/b5-4+. The molecule has 0 bridgehead atoms. The van der Waals surface area contributed by atoms with Gasteiger partial charge in [0, 0.05) is 6.08 Å². The zero-order chi connectivity index (χ0) is 6.69. The van der Waals surface area contributed by atoms with Crippen LogP contribution in [-0.4, -0.2) is 13.1 Å². The third-order valence-corrected chi connectivity index (χ3v) is 1.33. The Morgan fingerprint density at radius 1 is 1.67 bits per heavy atom. The Kier molecular flexibility index (Phi) is 1.88. The maximum absolute atomic E-state index is 10.4. The van der Waals surface area contributed by atoms with E-state index in [4.69, 9.17) is 0 Å². The van der Waals surface area contributed by atoms with Gasteiger partial charge in [0.2, 0.25) is 0 Å². The average Bonchev–Trinajstić information content (AvgIpc) is 2.65. The molecule has 0 N–H and O–H groups in total. The highest BCUT2D eigenvalue weighted by Gasteiger charge is 2.17. The van der Waals surface area contributed by atoms with Crippen LogP contribution in [0, 0.1) is 5.92 Å². The molecule has 0 radical (unpaired) electrons. The number of rotatable bonds is 2. The summed E-state index contributed by atoms with van der Waals surface area (Å²) < 4.78 is 4.40. The molecule has 1 fully saturated rings. The largest absolute Gasteiger partial charge is 0.466 e. The molecule has 0 atom stereocenters. The summed E-state index contributed by atoms with van der Waals surface area (Å²) in [5.41, 5.74) is 0. The zero-order valence-electron chi connectivity index (χ0n) is 5.46. The fourth-order valence-electron chi connectivity index (χ4n) is 0.571. The van der Waals surface area contributed by atoms with E-state index in [0.717, 1.165) is 0 Å². The fourth-order valence-corrected chi connectivity index (χ4v) is 0.571. The van der Waals surface area contributed by atoms with Crippen molar-refractivity contribution in [3.05, 3.63) is 12.2 Å². The second-order valence-corrected chi connectivity index (χ2v) is 2.22. The summed E-state index contributed by atoms with van der Waals surface area (Å²) in [5, 5.41) is 0. The van der Waals surface area contributed by atoms with Crippen molar-refractivity contribution in [3.63, 3.8) is 0 Å². The number of esters is 1. The lowest BCUT2D eigenvalue weighted by atomic mass is 10.4. The molecule has 50 valence electrons. The summed E-state index contributed by atoms with van der Waals surface area (Å²) in [5.74, 6) is 0.408. The normalized spacial score (nSPS) is 18.3. The highest BCUT2D eigenvalue weighted by atomic mass is 16.5. The highest BCUT2D eigenvalue weighted by Crippen LogP contribution is 2.29. The number of ether oxygens (including phenoxy) is 1. The average molecular weight is 126 g/mol. The smallest absolute Gasteiger partial charge is 0.330 e. The van der Waals surface area contributed by atoms with E-state index in [1.807, 2.05) is 6.08 Å². The first kappa shape index (κ1) is 6.33. The molecular weight excluding hydrogens is 116 g/mol. The molecule has 0 aromatic rings. The molecule has 0 spiro atoms. The van der Waals surface area contributed by atoms with Gasteiger partial charge in [-0.05, 0) is 18.8 Å². The molecule has 2 nitrogen and oxygen atoms in total. The Morgan fingerprint density at radius 2 is 2.33 bits per heavy atom. The summed E-state index contributed by atoms with van der Waals surface area (Å²) in [6.45, 7) is 0. The molecule has 0 aromatic heterocycles. The lowest BCUT2D eigenvalue weighted by molar-refractivity contribution is -0.134. The van der Waals surface area contributed by atoms with Crippen molar-refractivity contribution in [1.29, 1.82) is 0 Å². The maximum atomic E-state index is 10.4. The van der Waals surface area contributed by atoms with Crippen LogP contribution in [0.5, 0.6) is 0 Å². The van der Waals surface area contributed by atoms with Crippen molar-refractivity contribution in [2.24, 2.45) is 5.92 Å². The molecule has 1 aliphatic rings. The number of methoxy groups -OCH3 is 1. The third kappa shape index (κ3) is 2.31. The SMILES string of the molecule is COC(=O)/C=C/C1CC1. The number of allylic oxidation sites excluding steroid dienone is 1. The molecule has 9 heavy (non-hydrogen) atoms. The number of hydrogen-bond donors (Lipinski definition) is 0. The van der Waals surface area contributed by atoms with Crippen LogP contribution in [0.15, 0.2) is 12.2 Å². The van der Waals surface area contributed by atoms with Gasteiger partial charge in [-0.2, -0.15) is 0 Å². The van der Waals surface area contributed by atoms with E-state index >= 15 is 0 Å². The van der Waals surface area contributed by atoms with Crippen molar-refractivity contribution < 1.29 is 9.53 Å². The summed E-state index contributed by atoms with van der Waals surface area (Å²) in [4.78, 5) is 10.4. The van der Waals surface area contributed by atoms with E-state index in [0.29, 0.717) is 5.92 Å². The van der Waals surface area contributed by atoms with E-state index in [1.165, 1.54) is 26.0 Å². The van der Waals surface area contributed by atoms with E-state index in [2.05, 4.69) is 4.74 Å². The minimum atomic E-state index is -0.248. The monoisotopic (exact) mass is 126 g/mol. The van der Waals surface area contributed by atoms with Gasteiger partial charge in [-0.3, -0.25) is 0 Å². The first-order valence-electron chi connectivity index (χ1n) is 3.09. The summed E-state index contributed by atoms with van der Waals surface area (Å²) in [7, 11) is 1.39. The Labute approximate surface area is 54.5 Å². The zero-order valence-corrected chi connectivity index (χ0v) is 5.46. The quantitative estimate of drug-likeness (QED) is 0.409. The van der Waals surface area contributed by atoms with Crippen LogP contribution in [0.2, 0.25) is 0 Å². The van der Waals surface area contributed by atoms with Gasteiger partial charge in [-0.1, -0.05) is 6.08 Å². The van der Waals surface area contributed by atoms with E-state index in [9.17, 15) is 4.79 Å². The van der Waals surface area contributed by atoms with Crippen LogP contribution in [0.4, 0.5) is 0 Å². The van der Waals surface area contributed by atoms with Gasteiger partial charge in [-0.25, -0.2) is 4.79 Å². The van der Waals surface area contributed by atoms with Gasteiger partial charge in [0.15, 0.2) is 0 Å². The van der Waals surface area contributed by atoms with Crippen LogP contribution >= 0.6 is 0 Å². The minimum Gasteiger partial charge on any atom is -0.466 e. The topological polar surface area (TPSA) is 26.3 Å². The molecule has 0 aliphatic heterocycles. The van der Waals surface area contributed by atoms with Crippen LogP contribution in [0.25, 0.3) is 0 Å². The van der Waals surface area contributed by atoms with Crippen LogP contribution in [-0.2, 0) is 9.53 Å². The molecule has 0 amide bonds. The predicted octanol–water partition coefficient (Wildman–Crippen LogP) is 1.13. The summed E-state index contributed by atoms with van der Waals surface area (Å²) >= 11 is 0. The molecule has 1 aliphatic carbocycles. The van der Waals surface area contributed by atoms with E-state index in [1.54, 1.807) is 0 Å². The predicted molar refractivity (Wildman–Crippen MR) is 33.9 cm³/mol. The van der Waals surface area contributed by atoms with Crippen molar-refractivity contribution in [3.8, 4) is 0 Å². The minimum absolute atomic E-state index is 0.248. The second kappa shape index (κ2) is 2.67. The van der Waals surface area contributed by atoms with Crippen LogP contribution < -0.4 is 0 Å². The van der Waals surface area contributed by atoms with Crippen molar-refractivity contribution in [2.75, 3.05) is 7.11 Å². The first-order valence-corrected chi connectivity index (χ1v) is 3.09. The molecule has 2 heteroatoms. The maximum Gasteiger partial charge on any atom is 0.330 e. The summed E-state index contributed by atoms with van der Waals surface area (Å²) in [6.07, 6.45) is 5.87. The molecule has 1 saturated carbocycles. The van der Waals surface area contributed by atoms with Crippen molar-refractivity contribution in [1.82, 2.24) is 0 Å². The molecule has 0 saturated heterocycles. The third-order valence-electron chi connectivity index (χ3n) is 1.33. The van der Waals surface area contributed by atoms with Gasteiger partial charge in [-0.15, -0.1) is 0 Å². The Morgan fingerprint density at radius 3 is 2.78 bits per heavy atom. The molecule has 0 heterocycles. The van der Waals surface area contributed by atoms with Gasteiger partial charge in [0.1, 0.15) is 0 Å². The number of carbonyl (C=O) groups is 1. The van der Waals surface area contributed by atoms with Crippen LogP contribution in [0.1, 0.15) is 12.8 Å². The van der Waals surface area contributed by atoms with E-state index < -0.39 is 0 Å². The van der Waals surface area contributed by atoms with Crippen molar-refractivity contribution >= 4 is 5.97 Å². The highest BCUT2D eigenvalue weighted by molar-refractivity contribution is 5.81. The molecule has 0 aromatic carbocycles. The lowest BCUT2D eigenvalue weighted by Crippen LogP contribution is -1.93. The number of carbonyl (C=O) groups excluding carboxylic acids is 1.